The highest BCUT2D eigenvalue weighted by atomic mass is 16.3. The Labute approximate surface area is 140 Å². The molecule has 0 unspecified atom stereocenters. The van der Waals surface area contributed by atoms with Gasteiger partial charge < -0.3 is 15.7 Å². The van der Waals surface area contributed by atoms with E-state index in [9.17, 15) is 9.90 Å². The molecule has 2 amide bonds. The van der Waals surface area contributed by atoms with E-state index in [1.807, 2.05) is 54.6 Å². The van der Waals surface area contributed by atoms with E-state index in [2.05, 4.69) is 15.6 Å². The molecule has 5 nitrogen and oxygen atoms in total. The second kappa shape index (κ2) is 6.68. The first kappa shape index (κ1) is 16.0. The quantitative estimate of drug-likeness (QED) is 0.690. The number of fused-ring (bicyclic) bond motifs is 1. The number of hydrogen-bond acceptors (Lipinski definition) is 3. The van der Waals surface area contributed by atoms with E-state index in [1.54, 1.807) is 19.2 Å². The average Bonchev–Trinajstić information content (AvgIpc) is 2.62. The van der Waals surface area contributed by atoms with Gasteiger partial charge in [0.15, 0.2) is 0 Å². The first-order chi connectivity index (χ1) is 11.6. The molecular formula is C19H19N3O2. The van der Waals surface area contributed by atoms with Crippen molar-refractivity contribution in [1.82, 2.24) is 10.3 Å². The van der Waals surface area contributed by atoms with Crippen LogP contribution >= 0.6 is 0 Å². The summed E-state index contributed by atoms with van der Waals surface area (Å²) in [5.74, 6) is 0. The van der Waals surface area contributed by atoms with Crippen molar-refractivity contribution in [3.05, 3.63) is 72.4 Å². The number of carbonyl (C=O) groups excluding carboxylic acids is 1. The fraction of sp³-hybridized carbons (Fsp3) is 0.158. The number of benzene rings is 2. The normalized spacial score (nSPS) is 13.2. The molecule has 1 atom stereocenters. The maximum absolute atomic E-state index is 12.4. The van der Waals surface area contributed by atoms with Crippen LogP contribution in [0.5, 0.6) is 0 Å². The first-order valence-electron chi connectivity index (χ1n) is 7.72. The molecule has 0 fully saturated rings. The number of urea groups is 1. The highest BCUT2D eigenvalue weighted by molar-refractivity contribution is 5.99. The minimum absolute atomic E-state index is 0.210. The summed E-state index contributed by atoms with van der Waals surface area (Å²) < 4.78 is 0. The van der Waals surface area contributed by atoms with Crippen LogP contribution in [0.25, 0.3) is 10.9 Å². The van der Waals surface area contributed by atoms with Crippen molar-refractivity contribution in [2.24, 2.45) is 0 Å². The Hall–Kier alpha value is -2.92. The van der Waals surface area contributed by atoms with Gasteiger partial charge in [-0.2, -0.15) is 0 Å². The lowest BCUT2D eigenvalue weighted by atomic mass is 9.93. The van der Waals surface area contributed by atoms with Gasteiger partial charge in [0.25, 0.3) is 0 Å². The Bertz CT molecular complexity index is 846. The summed E-state index contributed by atoms with van der Waals surface area (Å²) in [4.78, 5) is 16.8. The van der Waals surface area contributed by atoms with Gasteiger partial charge in [-0.15, -0.1) is 0 Å². The molecule has 3 aromatic rings. The average molecular weight is 321 g/mol. The van der Waals surface area contributed by atoms with E-state index in [1.165, 1.54) is 0 Å². The minimum atomic E-state index is -0.872. The highest BCUT2D eigenvalue weighted by Crippen LogP contribution is 2.22. The molecule has 3 rings (SSSR count). The number of hydrogen-bond donors (Lipinski definition) is 3. The third-order valence-electron chi connectivity index (χ3n) is 4.00. The molecule has 2 aromatic carbocycles. The zero-order valence-corrected chi connectivity index (χ0v) is 13.4. The number of nitrogens with zero attached hydrogens (tertiary/aromatic N) is 1. The molecule has 0 saturated heterocycles. The fourth-order valence-corrected chi connectivity index (χ4v) is 2.62. The summed E-state index contributed by atoms with van der Waals surface area (Å²) in [5.41, 5.74) is 1.31. The summed E-state index contributed by atoms with van der Waals surface area (Å²) in [7, 11) is 0. The van der Waals surface area contributed by atoms with Crippen molar-refractivity contribution in [2.45, 2.75) is 12.5 Å². The summed E-state index contributed by atoms with van der Waals surface area (Å²) in [6.45, 7) is 1.57. The number of aromatic nitrogens is 1. The van der Waals surface area contributed by atoms with Crippen molar-refractivity contribution < 1.29 is 9.90 Å². The zero-order chi connectivity index (χ0) is 17.0. The number of anilines is 1. The second-order valence-electron chi connectivity index (χ2n) is 5.82. The predicted octanol–water partition coefficient (Wildman–Crippen LogP) is 3.26. The molecule has 1 aromatic heterocycles. The van der Waals surface area contributed by atoms with Gasteiger partial charge in [-0.3, -0.25) is 4.98 Å². The topological polar surface area (TPSA) is 74.2 Å². The number of nitrogens with one attached hydrogen (secondary N) is 2. The molecule has 0 spiro atoms. The standard InChI is InChI=1S/C19H19N3O2/c1-19(13-23,15-9-3-2-4-10-15)22-18(24)21-16-11-5-7-14-8-6-12-20-17(14)16/h2-12,23H,13H2,1H3,(H2,21,22,24)/t19-/m0/s1. The number of aliphatic hydroxyl groups is 1. The van der Waals surface area contributed by atoms with Crippen molar-refractivity contribution in [2.75, 3.05) is 11.9 Å². The summed E-state index contributed by atoms with van der Waals surface area (Å²) >= 11 is 0. The van der Waals surface area contributed by atoms with Crippen molar-refractivity contribution in [3.63, 3.8) is 0 Å². The Morgan fingerprint density at radius 3 is 2.58 bits per heavy atom. The Morgan fingerprint density at radius 2 is 1.83 bits per heavy atom. The van der Waals surface area contributed by atoms with Gasteiger partial charge in [-0.1, -0.05) is 48.5 Å². The molecule has 0 bridgehead atoms. The van der Waals surface area contributed by atoms with E-state index in [4.69, 9.17) is 0 Å². The molecule has 0 aliphatic carbocycles. The molecule has 24 heavy (non-hydrogen) atoms. The molecule has 3 N–H and O–H groups in total. The van der Waals surface area contributed by atoms with Gasteiger partial charge in [-0.25, -0.2) is 4.79 Å². The molecule has 0 radical (unpaired) electrons. The van der Waals surface area contributed by atoms with Crippen LogP contribution in [0.3, 0.4) is 0 Å². The van der Waals surface area contributed by atoms with Gasteiger partial charge in [0.2, 0.25) is 0 Å². The lowest BCUT2D eigenvalue weighted by molar-refractivity contribution is 0.176. The fourth-order valence-electron chi connectivity index (χ4n) is 2.62. The van der Waals surface area contributed by atoms with Crippen LogP contribution < -0.4 is 10.6 Å². The first-order valence-corrected chi connectivity index (χ1v) is 7.72. The number of aliphatic hydroxyl groups excluding tert-OH is 1. The maximum Gasteiger partial charge on any atom is 0.320 e. The summed E-state index contributed by atoms with van der Waals surface area (Å²) in [6.07, 6.45) is 1.69. The number of rotatable bonds is 4. The van der Waals surface area contributed by atoms with E-state index < -0.39 is 11.6 Å². The third kappa shape index (κ3) is 3.21. The monoisotopic (exact) mass is 321 g/mol. The molecule has 5 heteroatoms. The zero-order valence-electron chi connectivity index (χ0n) is 13.4. The molecule has 0 saturated carbocycles. The molecule has 122 valence electrons. The van der Waals surface area contributed by atoms with Gasteiger partial charge in [-0.05, 0) is 24.6 Å². The smallest absolute Gasteiger partial charge is 0.320 e. The number of pyridine rings is 1. The van der Waals surface area contributed by atoms with Crippen LogP contribution in [0.2, 0.25) is 0 Å². The summed E-state index contributed by atoms with van der Waals surface area (Å²) in [6, 6.07) is 18.4. The van der Waals surface area contributed by atoms with Crippen LogP contribution in [0, 0.1) is 0 Å². The largest absolute Gasteiger partial charge is 0.394 e. The van der Waals surface area contributed by atoms with Crippen molar-refractivity contribution >= 4 is 22.6 Å². The Morgan fingerprint density at radius 1 is 1.08 bits per heavy atom. The lowest BCUT2D eigenvalue weighted by Gasteiger charge is -2.29. The SMILES string of the molecule is C[C@@](CO)(NC(=O)Nc1cccc2cccnc12)c1ccccc1. The Balaban J connectivity index is 1.82. The molecule has 1 heterocycles. The minimum Gasteiger partial charge on any atom is -0.394 e. The lowest BCUT2D eigenvalue weighted by Crippen LogP contribution is -2.48. The molecule has 0 aliphatic heterocycles. The van der Waals surface area contributed by atoms with E-state index >= 15 is 0 Å². The van der Waals surface area contributed by atoms with Crippen LogP contribution in [0.4, 0.5) is 10.5 Å². The maximum atomic E-state index is 12.4. The molecule has 0 aliphatic rings. The number of carbonyl (C=O) groups is 1. The van der Waals surface area contributed by atoms with Crippen LogP contribution in [0.15, 0.2) is 66.9 Å². The van der Waals surface area contributed by atoms with Crippen LogP contribution in [0.1, 0.15) is 12.5 Å². The van der Waals surface area contributed by atoms with Crippen LogP contribution in [-0.2, 0) is 5.54 Å². The second-order valence-corrected chi connectivity index (χ2v) is 5.82. The van der Waals surface area contributed by atoms with Crippen LogP contribution in [-0.4, -0.2) is 22.7 Å². The number of amides is 2. The Kier molecular flexibility index (Phi) is 4.44. The third-order valence-corrected chi connectivity index (χ3v) is 4.00. The van der Waals surface area contributed by atoms with E-state index in [0.717, 1.165) is 16.5 Å². The molecular weight excluding hydrogens is 302 g/mol. The van der Waals surface area contributed by atoms with E-state index in [-0.39, 0.29) is 6.61 Å². The van der Waals surface area contributed by atoms with Gasteiger partial charge in [0, 0.05) is 11.6 Å². The van der Waals surface area contributed by atoms with Gasteiger partial charge in [0.05, 0.1) is 23.3 Å². The van der Waals surface area contributed by atoms with Crippen molar-refractivity contribution in [1.29, 1.82) is 0 Å². The van der Waals surface area contributed by atoms with Crippen molar-refractivity contribution in [3.8, 4) is 0 Å². The van der Waals surface area contributed by atoms with Gasteiger partial charge in [0.1, 0.15) is 0 Å². The number of para-hydroxylation sites is 1. The summed E-state index contributed by atoms with van der Waals surface area (Å²) in [5, 5.41) is 16.4. The van der Waals surface area contributed by atoms with E-state index in [0.29, 0.717) is 5.69 Å². The van der Waals surface area contributed by atoms with Gasteiger partial charge >= 0.3 is 6.03 Å². The predicted molar refractivity (Wildman–Crippen MR) is 94.8 cm³/mol. The highest BCUT2D eigenvalue weighted by Gasteiger charge is 2.27.